The van der Waals surface area contributed by atoms with Crippen LogP contribution >= 0.6 is 23.2 Å². The van der Waals surface area contributed by atoms with Crippen molar-refractivity contribution in [3.05, 3.63) is 70.8 Å². The third-order valence-electron chi connectivity index (χ3n) is 7.08. The number of rotatable bonds is 2. The number of hydrogen-bond donors (Lipinski definition) is 1. The van der Waals surface area contributed by atoms with Gasteiger partial charge < -0.3 is 5.11 Å². The number of hydrogen-bond acceptors (Lipinski definition) is 3. The monoisotopic (exact) mass is 463 g/mol. The summed E-state index contributed by atoms with van der Waals surface area (Å²) >= 11 is 13.6. The van der Waals surface area contributed by atoms with Gasteiger partial charge in [0.05, 0.1) is 15.7 Å². The fourth-order valence-electron chi connectivity index (χ4n) is 5.58. The zero-order valence-corrected chi connectivity index (χ0v) is 18.9. The lowest BCUT2D eigenvalue weighted by molar-refractivity contribution is -0.0751. The molecule has 4 nitrogen and oxygen atoms in total. The summed E-state index contributed by atoms with van der Waals surface area (Å²) in [5, 5.41) is 12.0. The first-order valence-corrected chi connectivity index (χ1v) is 12.4. The third-order valence-corrected chi connectivity index (χ3v) is 9.90. The molecule has 1 heterocycles. The first kappa shape index (κ1) is 20.5. The fourth-order valence-corrected chi connectivity index (χ4v) is 7.82. The number of β-amino-alcohol motifs (C(OH)–C–C–N with tert-alkyl or cyclic N) is 1. The van der Waals surface area contributed by atoms with Crippen LogP contribution in [0.25, 0.3) is 5.03 Å². The highest BCUT2D eigenvalue weighted by molar-refractivity contribution is 7.89. The number of benzene rings is 2. The maximum absolute atomic E-state index is 13.5. The molecule has 2 aromatic rings. The van der Waals surface area contributed by atoms with Crippen LogP contribution in [-0.2, 0) is 15.4 Å². The summed E-state index contributed by atoms with van der Waals surface area (Å²) in [5.74, 6) is 0. The average Bonchev–Trinajstić information content (AvgIpc) is 2.97. The van der Waals surface area contributed by atoms with Gasteiger partial charge in [0, 0.05) is 18.1 Å². The van der Waals surface area contributed by atoms with Gasteiger partial charge in [0.1, 0.15) is 5.60 Å². The molecule has 1 spiro atoms. The van der Waals surface area contributed by atoms with Crippen LogP contribution in [0.5, 0.6) is 0 Å². The molecule has 0 radical (unpaired) electrons. The molecule has 1 aliphatic heterocycles. The highest BCUT2D eigenvalue weighted by atomic mass is 35.5. The number of fused-ring (bicyclic) bond motifs is 1. The predicted molar refractivity (Wildman–Crippen MR) is 119 cm³/mol. The fraction of sp³-hybridized carbons (Fsp3) is 0.391. The van der Waals surface area contributed by atoms with Crippen molar-refractivity contribution in [3.8, 4) is 0 Å². The summed E-state index contributed by atoms with van der Waals surface area (Å²) in [4.78, 5) is 0.207. The molecule has 0 bridgehead atoms. The van der Waals surface area contributed by atoms with Crippen LogP contribution in [0.1, 0.15) is 36.0 Å². The lowest BCUT2D eigenvalue weighted by Crippen LogP contribution is -2.69. The van der Waals surface area contributed by atoms with Gasteiger partial charge in [-0.1, -0.05) is 60.0 Å². The highest BCUT2D eigenvalue weighted by Gasteiger charge is 2.66. The second kappa shape index (κ2) is 6.81. The minimum absolute atomic E-state index is 0.0562. The highest BCUT2D eigenvalue weighted by Crippen LogP contribution is 2.62. The lowest BCUT2D eigenvalue weighted by atomic mass is 9.56. The van der Waals surface area contributed by atoms with E-state index in [-0.39, 0.29) is 18.0 Å². The van der Waals surface area contributed by atoms with E-state index in [1.165, 1.54) is 4.31 Å². The topological polar surface area (TPSA) is 57.6 Å². The predicted octanol–water partition coefficient (Wildman–Crippen LogP) is 4.42. The Bertz CT molecular complexity index is 1160. The molecule has 1 saturated heterocycles. The summed E-state index contributed by atoms with van der Waals surface area (Å²) in [7, 11) is -3.82. The molecular formula is C23H23Cl2NO3S. The Balaban J connectivity index is 1.69. The number of aryl methyl sites for hydroxylation is 1. The smallest absolute Gasteiger partial charge is 0.243 e. The number of halogens is 2. The molecule has 0 amide bonds. The van der Waals surface area contributed by atoms with Gasteiger partial charge in [0.2, 0.25) is 10.0 Å². The molecule has 5 rings (SSSR count). The van der Waals surface area contributed by atoms with Gasteiger partial charge in [-0.05, 0) is 48.6 Å². The van der Waals surface area contributed by atoms with E-state index < -0.39 is 26.4 Å². The van der Waals surface area contributed by atoms with E-state index in [2.05, 4.69) is 0 Å². The molecule has 2 fully saturated rings. The molecule has 158 valence electrons. The Hall–Kier alpha value is -1.37. The van der Waals surface area contributed by atoms with Crippen molar-refractivity contribution in [1.82, 2.24) is 4.31 Å². The molecule has 0 unspecified atom stereocenters. The average molecular weight is 464 g/mol. The Morgan fingerprint density at radius 1 is 1.13 bits per heavy atom. The largest absolute Gasteiger partial charge is 0.386 e. The summed E-state index contributed by atoms with van der Waals surface area (Å²) in [5.41, 5.74) is 1.39. The van der Waals surface area contributed by atoms with E-state index in [9.17, 15) is 13.5 Å². The molecule has 2 aliphatic carbocycles. The van der Waals surface area contributed by atoms with E-state index >= 15 is 0 Å². The lowest BCUT2D eigenvalue weighted by Gasteiger charge is -2.57. The summed E-state index contributed by atoms with van der Waals surface area (Å²) in [6.07, 6.45) is 2.18. The minimum atomic E-state index is -3.82. The maximum atomic E-state index is 13.5. The quantitative estimate of drug-likeness (QED) is 0.670. The van der Waals surface area contributed by atoms with Crippen LogP contribution in [0, 0.1) is 6.92 Å². The number of sulfonamides is 1. The molecule has 3 atom stereocenters. The Morgan fingerprint density at radius 3 is 2.57 bits per heavy atom. The summed E-state index contributed by atoms with van der Waals surface area (Å²) in [6, 6.07) is 14.6. The number of piperidine rings is 1. The molecular weight excluding hydrogens is 441 g/mol. The van der Waals surface area contributed by atoms with Crippen molar-refractivity contribution in [1.29, 1.82) is 0 Å². The first-order valence-electron chi connectivity index (χ1n) is 10.1. The molecule has 7 heteroatoms. The Morgan fingerprint density at radius 2 is 1.83 bits per heavy atom. The third kappa shape index (κ3) is 2.56. The Kier molecular flexibility index (Phi) is 4.66. The van der Waals surface area contributed by atoms with Crippen molar-refractivity contribution in [2.45, 2.75) is 47.5 Å². The van der Waals surface area contributed by atoms with E-state index in [0.717, 1.165) is 28.7 Å². The van der Waals surface area contributed by atoms with Crippen molar-refractivity contribution in [2.24, 2.45) is 0 Å². The van der Waals surface area contributed by atoms with Crippen LogP contribution in [0.2, 0.25) is 0 Å². The standard InChI is InChI=1S/C23H23Cl2NO3S/c1-15-8-10-16(11-9-15)30(28,29)26-13-19-21(25)17-5-2-3-6-18(17)22(19)12-4-7-20(24)23(22,27)14-26/h2-3,5-6,8-11,20,27H,4,7,12-14H2,1H3/t20-,22+,23+/m1/s1. The van der Waals surface area contributed by atoms with Gasteiger partial charge in [0.15, 0.2) is 0 Å². The van der Waals surface area contributed by atoms with E-state index in [1.54, 1.807) is 24.3 Å². The van der Waals surface area contributed by atoms with Crippen LogP contribution in [0.3, 0.4) is 0 Å². The summed E-state index contributed by atoms with van der Waals surface area (Å²) in [6.45, 7) is 2.00. The van der Waals surface area contributed by atoms with Gasteiger partial charge in [-0.25, -0.2) is 8.42 Å². The van der Waals surface area contributed by atoms with Gasteiger partial charge in [-0.2, -0.15) is 4.31 Å². The van der Waals surface area contributed by atoms with Crippen molar-refractivity contribution in [2.75, 3.05) is 13.1 Å². The van der Waals surface area contributed by atoms with Crippen LogP contribution < -0.4 is 0 Å². The van der Waals surface area contributed by atoms with E-state index in [4.69, 9.17) is 23.2 Å². The number of alkyl halides is 1. The SMILES string of the molecule is Cc1ccc(S(=O)(=O)N2CC3=C(Cl)c4ccccc4[C@@]34CCC[C@@H](Cl)[C@@]4(O)C2)cc1. The number of nitrogens with zero attached hydrogens (tertiary/aromatic N) is 1. The molecule has 3 aliphatic rings. The van der Waals surface area contributed by atoms with E-state index in [0.29, 0.717) is 17.9 Å². The van der Waals surface area contributed by atoms with Crippen LogP contribution in [-0.4, -0.2) is 41.9 Å². The normalized spacial score (nSPS) is 31.3. The van der Waals surface area contributed by atoms with Gasteiger partial charge in [0.25, 0.3) is 0 Å². The zero-order chi connectivity index (χ0) is 21.3. The van der Waals surface area contributed by atoms with Crippen LogP contribution in [0.15, 0.2) is 59.0 Å². The molecule has 2 aromatic carbocycles. The first-order chi connectivity index (χ1) is 14.2. The van der Waals surface area contributed by atoms with Crippen molar-refractivity contribution in [3.63, 3.8) is 0 Å². The second-order valence-corrected chi connectivity index (χ2v) is 11.5. The second-order valence-electron chi connectivity index (χ2n) is 8.61. The van der Waals surface area contributed by atoms with Crippen molar-refractivity contribution < 1.29 is 13.5 Å². The minimum Gasteiger partial charge on any atom is -0.386 e. The molecule has 30 heavy (non-hydrogen) atoms. The van der Waals surface area contributed by atoms with Crippen LogP contribution in [0.4, 0.5) is 0 Å². The summed E-state index contributed by atoms with van der Waals surface area (Å²) < 4.78 is 28.3. The van der Waals surface area contributed by atoms with Gasteiger partial charge in [-0.15, -0.1) is 11.6 Å². The molecule has 1 saturated carbocycles. The molecule has 0 aromatic heterocycles. The van der Waals surface area contributed by atoms with Gasteiger partial charge in [-0.3, -0.25) is 0 Å². The zero-order valence-electron chi connectivity index (χ0n) is 16.6. The van der Waals surface area contributed by atoms with Crippen molar-refractivity contribution >= 4 is 38.3 Å². The van der Waals surface area contributed by atoms with Gasteiger partial charge >= 0.3 is 0 Å². The maximum Gasteiger partial charge on any atom is 0.243 e. The number of aliphatic hydroxyl groups is 1. The Labute approximate surface area is 187 Å². The molecule has 1 N–H and O–H groups in total. The van der Waals surface area contributed by atoms with E-state index in [1.807, 2.05) is 31.2 Å².